The van der Waals surface area contributed by atoms with Crippen molar-refractivity contribution in [2.45, 2.75) is 51.7 Å². The molecule has 18 heavy (non-hydrogen) atoms. The van der Waals surface area contributed by atoms with Gasteiger partial charge in [0.15, 0.2) is 5.03 Å². The van der Waals surface area contributed by atoms with Gasteiger partial charge in [0.2, 0.25) is 0 Å². The van der Waals surface area contributed by atoms with E-state index < -0.39 is 10.0 Å². The van der Waals surface area contributed by atoms with Crippen LogP contribution >= 0.6 is 0 Å². The van der Waals surface area contributed by atoms with E-state index in [2.05, 4.69) is 20.2 Å². The van der Waals surface area contributed by atoms with Gasteiger partial charge in [0.05, 0.1) is 0 Å². The van der Waals surface area contributed by atoms with E-state index in [1.165, 1.54) is 0 Å². The number of aryl methyl sites for hydroxylation is 1. The molecule has 1 aromatic heterocycles. The highest BCUT2D eigenvalue weighted by Crippen LogP contribution is 2.16. The Morgan fingerprint density at radius 1 is 1.39 bits per heavy atom. The van der Waals surface area contributed by atoms with Crippen LogP contribution in [-0.4, -0.2) is 31.2 Å². The van der Waals surface area contributed by atoms with E-state index in [0.29, 0.717) is 12.1 Å². The molecule has 7 heteroatoms. The van der Waals surface area contributed by atoms with Crippen LogP contribution < -0.4 is 10.0 Å². The minimum atomic E-state index is -3.54. The standard InChI is InChI=1S/C11H22N4O2S/c1-5-8(3)15-18(16,17)11-10(7-12-6-2)9(4)13-14-11/h8,12,15H,5-7H2,1-4H3,(H,13,14). The number of hydrogen-bond donors (Lipinski definition) is 3. The maximum Gasteiger partial charge on any atom is 0.260 e. The van der Waals surface area contributed by atoms with Crippen molar-refractivity contribution in [3.63, 3.8) is 0 Å². The Morgan fingerprint density at radius 3 is 2.61 bits per heavy atom. The molecule has 1 rings (SSSR count). The summed E-state index contributed by atoms with van der Waals surface area (Å²) in [6, 6.07) is -0.0982. The minimum Gasteiger partial charge on any atom is -0.313 e. The molecule has 6 nitrogen and oxygen atoms in total. The summed E-state index contributed by atoms with van der Waals surface area (Å²) in [5.41, 5.74) is 1.48. The quantitative estimate of drug-likeness (QED) is 0.689. The maximum atomic E-state index is 12.2. The number of rotatable bonds is 7. The molecule has 0 saturated heterocycles. The van der Waals surface area contributed by atoms with Gasteiger partial charge in [-0.2, -0.15) is 5.10 Å². The van der Waals surface area contributed by atoms with Gasteiger partial charge in [-0.25, -0.2) is 13.1 Å². The van der Waals surface area contributed by atoms with Gasteiger partial charge in [0, 0.05) is 23.8 Å². The van der Waals surface area contributed by atoms with Crippen molar-refractivity contribution in [3.8, 4) is 0 Å². The molecule has 0 amide bonds. The Bertz CT molecular complexity index is 481. The van der Waals surface area contributed by atoms with E-state index in [0.717, 1.165) is 18.7 Å². The van der Waals surface area contributed by atoms with Gasteiger partial charge in [-0.1, -0.05) is 13.8 Å². The molecule has 0 fully saturated rings. The molecule has 1 atom stereocenters. The molecule has 1 unspecified atom stereocenters. The van der Waals surface area contributed by atoms with Crippen molar-refractivity contribution >= 4 is 10.0 Å². The smallest absolute Gasteiger partial charge is 0.260 e. The molecule has 0 aliphatic carbocycles. The summed E-state index contributed by atoms with van der Waals surface area (Å²) in [4.78, 5) is 0. The average molecular weight is 274 g/mol. The van der Waals surface area contributed by atoms with Gasteiger partial charge in [-0.3, -0.25) is 5.10 Å². The fraction of sp³-hybridized carbons (Fsp3) is 0.727. The minimum absolute atomic E-state index is 0.0982. The van der Waals surface area contributed by atoms with E-state index in [-0.39, 0.29) is 11.1 Å². The Morgan fingerprint density at radius 2 is 2.06 bits per heavy atom. The van der Waals surface area contributed by atoms with E-state index in [4.69, 9.17) is 0 Å². The topological polar surface area (TPSA) is 86.9 Å². The molecule has 0 saturated carbocycles. The first kappa shape index (κ1) is 15.1. The highest BCUT2D eigenvalue weighted by atomic mass is 32.2. The monoisotopic (exact) mass is 274 g/mol. The number of sulfonamides is 1. The van der Waals surface area contributed by atoms with Gasteiger partial charge < -0.3 is 5.32 Å². The summed E-state index contributed by atoms with van der Waals surface area (Å²) in [6.07, 6.45) is 0.741. The Labute approximate surface area is 109 Å². The first-order valence-electron chi connectivity index (χ1n) is 6.19. The van der Waals surface area contributed by atoms with Crippen LogP contribution in [0, 0.1) is 6.92 Å². The van der Waals surface area contributed by atoms with Crippen molar-refractivity contribution in [1.82, 2.24) is 20.2 Å². The zero-order chi connectivity index (χ0) is 13.8. The van der Waals surface area contributed by atoms with Crippen LogP contribution in [0.5, 0.6) is 0 Å². The van der Waals surface area contributed by atoms with E-state index in [1.807, 2.05) is 27.7 Å². The fourth-order valence-electron chi connectivity index (χ4n) is 1.51. The average Bonchev–Trinajstić information content (AvgIpc) is 2.68. The summed E-state index contributed by atoms with van der Waals surface area (Å²) in [6.45, 7) is 8.84. The van der Waals surface area contributed by atoms with Crippen molar-refractivity contribution in [3.05, 3.63) is 11.3 Å². The van der Waals surface area contributed by atoms with Gasteiger partial charge in [-0.05, 0) is 26.8 Å². The molecule has 0 radical (unpaired) electrons. The van der Waals surface area contributed by atoms with E-state index in [9.17, 15) is 8.42 Å². The highest BCUT2D eigenvalue weighted by Gasteiger charge is 2.24. The van der Waals surface area contributed by atoms with Crippen molar-refractivity contribution < 1.29 is 8.42 Å². The Hall–Kier alpha value is -0.920. The lowest BCUT2D eigenvalue weighted by molar-refractivity contribution is 0.550. The van der Waals surface area contributed by atoms with Gasteiger partial charge in [0.25, 0.3) is 10.0 Å². The van der Waals surface area contributed by atoms with Crippen LogP contribution in [-0.2, 0) is 16.6 Å². The predicted molar refractivity (Wildman–Crippen MR) is 70.8 cm³/mol. The normalized spacial score (nSPS) is 13.8. The van der Waals surface area contributed by atoms with Crippen molar-refractivity contribution in [1.29, 1.82) is 0 Å². The zero-order valence-corrected chi connectivity index (χ0v) is 12.2. The molecule has 1 aromatic rings. The van der Waals surface area contributed by atoms with Crippen LogP contribution in [0.1, 0.15) is 38.4 Å². The second-order valence-electron chi connectivity index (χ2n) is 4.34. The molecule has 1 heterocycles. The first-order valence-corrected chi connectivity index (χ1v) is 7.67. The lowest BCUT2D eigenvalue weighted by atomic mass is 10.2. The summed E-state index contributed by atoms with van der Waals surface area (Å²) in [5.74, 6) is 0. The molecular weight excluding hydrogens is 252 g/mol. The molecule has 0 aliphatic heterocycles. The van der Waals surface area contributed by atoms with E-state index in [1.54, 1.807) is 0 Å². The van der Waals surface area contributed by atoms with Crippen LogP contribution in [0.3, 0.4) is 0 Å². The molecule has 3 N–H and O–H groups in total. The third kappa shape index (κ3) is 3.54. The second-order valence-corrected chi connectivity index (χ2v) is 5.97. The van der Waals surface area contributed by atoms with Crippen molar-refractivity contribution in [2.24, 2.45) is 0 Å². The molecule has 0 aromatic carbocycles. The zero-order valence-electron chi connectivity index (χ0n) is 11.4. The van der Waals surface area contributed by atoms with E-state index >= 15 is 0 Å². The van der Waals surface area contributed by atoms with Gasteiger partial charge in [0.1, 0.15) is 0 Å². The highest BCUT2D eigenvalue weighted by molar-refractivity contribution is 7.89. The summed E-state index contributed by atoms with van der Waals surface area (Å²) in [7, 11) is -3.54. The molecule has 0 spiro atoms. The summed E-state index contributed by atoms with van der Waals surface area (Å²) < 4.78 is 27.0. The van der Waals surface area contributed by atoms with Gasteiger partial charge >= 0.3 is 0 Å². The number of aromatic nitrogens is 2. The SMILES string of the molecule is CCNCc1c(S(=O)(=O)NC(C)CC)n[nH]c1C. The lowest BCUT2D eigenvalue weighted by Crippen LogP contribution is -2.33. The Balaban J connectivity index is 3.01. The van der Waals surface area contributed by atoms with Crippen LogP contribution in [0.4, 0.5) is 0 Å². The molecule has 104 valence electrons. The second kappa shape index (κ2) is 6.31. The summed E-state index contributed by atoms with van der Waals surface area (Å²) >= 11 is 0. The fourth-order valence-corrected chi connectivity index (χ4v) is 3.04. The number of nitrogens with zero attached hydrogens (tertiary/aromatic N) is 1. The van der Waals surface area contributed by atoms with Crippen LogP contribution in [0.15, 0.2) is 5.03 Å². The maximum absolute atomic E-state index is 12.2. The third-order valence-corrected chi connectivity index (χ3v) is 4.37. The number of hydrogen-bond acceptors (Lipinski definition) is 4. The molecular formula is C11H22N4O2S. The molecule has 0 aliphatic rings. The largest absolute Gasteiger partial charge is 0.313 e. The first-order chi connectivity index (χ1) is 8.42. The Kier molecular flexibility index (Phi) is 5.30. The number of nitrogens with one attached hydrogen (secondary N) is 3. The number of aromatic amines is 1. The predicted octanol–water partition coefficient (Wildman–Crippen LogP) is 0.904. The number of H-pyrrole nitrogens is 1. The molecule has 0 bridgehead atoms. The summed E-state index contributed by atoms with van der Waals surface area (Å²) in [5, 5.41) is 9.86. The van der Waals surface area contributed by atoms with Crippen LogP contribution in [0.25, 0.3) is 0 Å². The third-order valence-electron chi connectivity index (χ3n) is 2.81. The van der Waals surface area contributed by atoms with Crippen LogP contribution in [0.2, 0.25) is 0 Å². The lowest BCUT2D eigenvalue weighted by Gasteiger charge is -2.11. The van der Waals surface area contributed by atoms with Crippen molar-refractivity contribution in [2.75, 3.05) is 6.54 Å². The van der Waals surface area contributed by atoms with Gasteiger partial charge in [-0.15, -0.1) is 0 Å².